The lowest BCUT2D eigenvalue weighted by atomic mass is 10.1. The third-order valence-corrected chi connectivity index (χ3v) is 4.37. The van der Waals surface area contributed by atoms with Gasteiger partial charge in [0.2, 0.25) is 0 Å². The molecule has 0 bridgehead atoms. The zero-order chi connectivity index (χ0) is 14.4. The van der Waals surface area contributed by atoms with Gasteiger partial charge >= 0.3 is 6.03 Å². The molecule has 1 N–H and O–H groups in total. The second-order valence-corrected chi connectivity index (χ2v) is 5.83. The Morgan fingerprint density at radius 2 is 2.10 bits per heavy atom. The van der Waals surface area contributed by atoms with E-state index in [2.05, 4.69) is 29.5 Å². The van der Waals surface area contributed by atoms with Gasteiger partial charge in [-0.15, -0.1) is 0 Å². The van der Waals surface area contributed by atoms with Crippen LogP contribution >= 0.6 is 0 Å². The predicted molar refractivity (Wildman–Crippen MR) is 79.9 cm³/mol. The molecule has 1 aliphatic heterocycles. The molecule has 4 rings (SSSR count). The molecule has 2 aliphatic rings. The summed E-state index contributed by atoms with van der Waals surface area (Å²) in [5, 5.41) is 7.31. The van der Waals surface area contributed by atoms with Gasteiger partial charge in [-0.2, -0.15) is 5.10 Å². The van der Waals surface area contributed by atoms with Crippen molar-refractivity contribution in [1.82, 2.24) is 14.7 Å². The first-order valence-electron chi connectivity index (χ1n) is 7.43. The van der Waals surface area contributed by atoms with Crippen LogP contribution < -0.4 is 5.32 Å². The molecular formula is C16H18N4O. The summed E-state index contributed by atoms with van der Waals surface area (Å²) in [4.78, 5) is 14.4. The Kier molecular flexibility index (Phi) is 2.74. The Bertz CT molecular complexity index is 689. The number of carbonyl (C=O) groups is 1. The summed E-state index contributed by atoms with van der Waals surface area (Å²) in [6.45, 7) is 2.74. The van der Waals surface area contributed by atoms with Gasteiger partial charge in [-0.1, -0.05) is 24.3 Å². The molecule has 1 aliphatic carbocycles. The molecule has 2 amide bonds. The molecule has 0 spiro atoms. The number of hydrogen-bond acceptors (Lipinski definition) is 2. The number of carbonyl (C=O) groups excluding carboxylic acids is 1. The highest BCUT2D eigenvalue weighted by Gasteiger charge is 2.31. The van der Waals surface area contributed by atoms with Gasteiger partial charge in [-0.25, -0.2) is 9.48 Å². The zero-order valence-electron chi connectivity index (χ0n) is 12.0. The number of urea groups is 1. The smallest absolute Gasteiger partial charge is 0.313 e. The number of aromatic nitrogens is 2. The third kappa shape index (κ3) is 2.09. The van der Waals surface area contributed by atoms with Crippen LogP contribution in [0.15, 0.2) is 36.5 Å². The third-order valence-electron chi connectivity index (χ3n) is 4.37. The van der Waals surface area contributed by atoms with Gasteiger partial charge in [0.1, 0.15) is 5.82 Å². The first-order valence-corrected chi connectivity index (χ1v) is 7.43. The number of nitrogens with one attached hydrogen (secondary N) is 1. The Morgan fingerprint density at radius 3 is 2.86 bits per heavy atom. The van der Waals surface area contributed by atoms with Crippen molar-refractivity contribution in [3.63, 3.8) is 0 Å². The van der Waals surface area contributed by atoms with E-state index >= 15 is 0 Å². The number of rotatable bonds is 2. The van der Waals surface area contributed by atoms with Crippen molar-refractivity contribution >= 4 is 11.8 Å². The van der Waals surface area contributed by atoms with Crippen LogP contribution in [0.5, 0.6) is 0 Å². The van der Waals surface area contributed by atoms with E-state index in [4.69, 9.17) is 0 Å². The second-order valence-electron chi connectivity index (χ2n) is 5.83. The lowest BCUT2D eigenvalue weighted by Crippen LogP contribution is -2.33. The van der Waals surface area contributed by atoms with Crippen LogP contribution in [0.2, 0.25) is 0 Å². The SMILES string of the molecule is C[C@H]1c2ccccc2CN1C(=O)Nc1ccnn1C1CC1. The van der Waals surface area contributed by atoms with Crippen molar-refractivity contribution < 1.29 is 4.79 Å². The molecule has 1 aromatic heterocycles. The van der Waals surface area contributed by atoms with Gasteiger partial charge in [0.25, 0.3) is 0 Å². The number of benzene rings is 1. The van der Waals surface area contributed by atoms with E-state index in [-0.39, 0.29) is 12.1 Å². The van der Waals surface area contributed by atoms with Crippen molar-refractivity contribution in [3.8, 4) is 0 Å². The van der Waals surface area contributed by atoms with Gasteiger partial charge in [-0.3, -0.25) is 5.32 Å². The van der Waals surface area contributed by atoms with Gasteiger partial charge in [-0.05, 0) is 30.9 Å². The van der Waals surface area contributed by atoms with E-state index in [0.29, 0.717) is 12.6 Å². The molecule has 0 unspecified atom stereocenters. The van der Waals surface area contributed by atoms with Gasteiger partial charge in [0.05, 0.1) is 18.3 Å². The molecule has 1 aromatic carbocycles. The second kappa shape index (κ2) is 4.62. The maximum Gasteiger partial charge on any atom is 0.323 e. The summed E-state index contributed by atoms with van der Waals surface area (Å²) in [6, 6.07) is 10.6. The average molecular weight is 282 g/mol. The van der Waals surface area contributed by atoms with Crippen LogP contribution in [-0.4, -0.2) is 20.7 Å². The van der Waals surface area contributed by atoms with Crippen LogP contribution in [0.4, 0.5) is 10.6 Å². The van der Waals surface area contributed by atoms with E-state index < -0.39 is 0 Å². The lowest BCUT2D eigenvalue weighted by molar-refractivity contribution is 0.198. The first-order chi connectivity index (χ1) is 10.2. The highest BCUT2D eigenvalue weighted by atomic mass is 16.2. The summed E-state index contributed by atoms with van der Waals surface area (Å²) in [5.74, 6) is 0.797. The van der Waals surface area contributed by atoms with Crippen LogP contribution in [0, 0.1) is 0 Å². The van der Waals surface area contributed by atoms with E-state index in [1.165, 1.54) is 11.1 Å². The van der Waals surface area contributed by atoms with Crippen LogP contribution in [0.1, 0.15) is 43.0 Å². The van der Waals surface area contributed by atoms with E-state index in [0.717, 1.165) is 18.7 Å². The molecule has 21 heavy (non-hydrogen) atoms. The Hall–Kier alpha value is -2.30. The summed E-state index contributed by atoms with van der Waals surface area (Å²) in [7, 11) is 0. The van der Waals surface area contributed by atoms with E-state index in [1.807, 2.05) is 27.8 Å². The van der Waals surface area contributed by atoms with Crippen molar-refractivity contribution in [2.45, 2.75) is 38.4 Å². The molecule has 1 atom stereocenters. The maximum absolute atomic E-state index is 12.6. The van der Waals surface area contributed by atoms with Gasteiger partial charge in [0, 0.05) is 12.6 Å². The Labute approximate surface area is 123 Å². The quantitative estimate of drug-likeness (QED) is 0.918. The Balaban J connectivity index is 1.52. The molecule has 2 aromatic rings. The van der Waals surface area contributed by atoms with Crippen molar-refractivity contribution in [2.24, 2.45) is 0 Å². The normalized spacial score (nSPS) is 20.4. The van der Waals surface area contributed by atoms with E-state index in [9.17, 15) is 4.79 Å². The topological polar surface area (TPSA) is 50.2 Å². The summed E-state index contributed by atoms with van der Waals surface area (Å²) in [5.41, 5.74) is 2.47. The molecule has 1 fully saturated rings. The van der Waals surface area contributed by atoms with E-state index in [1.54, 1.807) is 6.20 Å². The number of fused-ring (bicyclic) bond motifs is 1. The number of hydrogen-bond donors (Lipinski definition) is 1. The number of amides is 2. The van der Waals surface area contributed by atoms with Gasteiger partial charge < -0.3 is 4.90 Å². The summed E-state index contributed by atoms with van der Waals surface area (Å²) in [6.07, 6.45) is 4.04. The van der Waals surface area contributed by atoms with Crippen molar-refractivity contribution in [1.29, 1.82) is 0 Å². The average Bonchev–Trinajstić information content (AvgIpc) is 3.15. The van der Waals surface area contributed by atoms with Crippen molar-refractivity contribution in [3.05, 3.63) is 47.7 Å². The minimum atomic E-state index is -0.0545. The maximum atomic E-state index is 12.6. The fourth-order valence-corrected chi connectivity index (χ4v) is 3.03. The molecule has 108 valence electrons. The van der Waals surface area contributed by atoms with Gasteiger partial charge in [0.15, 0.2) is 0 Å². The standard InChI is InChI=1S/C16H18N4O/c1-11-14-5-3-2-4-12(14)10-19(11)16(21)18-15-8-9-17-20(15)13-6-7-13/h2-5,8-9,11,13H,6-7,10H2,1H3,(H,18,21)/t11-/m0/s1. The van der Waals surface area contributed by atoms with Crippen molar-refractivity contribution in [2.75, 3.05) is 5.32 Å². The lowest BCUT2D eigenvalue weighted by Gasteiger charge is -2.22. The van der Waals surface area contributed by atoms with Crippen LogP contribution in [0.25, 0.3) is 0 Å². The minimum absolute atomic E-state index is 0.0545. The van der Waals surface area contributed by atoms with Crippen LogP contribution in [0.3, 0.4) is 0 Å². The highest BCUT2D eigenvalue weighted by Crippen LogP contribution is 2.37. The monoisotopic (exact) mass is 282 g/mol. The molecule has 2 heterocycles. The number of anilines is 1. The molecule has 5 heteroatoms. The molecule has 0 saturated heterocycles. The first kappa shape index (κ1) is 12.4. The molecule has 1 saturated carbocycles. The summed E-state index contributed by atoms with van der Waals surface area (Å²) >= 11 is 0. The molecule has 5 nitrogen and oxygen atoms in total. The zero-order valence-corrected chi connectivity index (χ0v) is 12.0. The highest BCUT2D eigenvalue weighted by molar-refractivity contribution is 5.89. The fraction of sp³-hybridized carbons (Fsp3) is 0.375. The molecular weight excluding hydrogens is 264 g/mol. The largest absolute Gasteiger partial charge is 0.323 e. The Morgan fingerprint density at radius 1 is 1.29 bits per heavy atom. The fourth-order valence-electron chi connectivity index (χ4n) is 3.03. The summed E-state index contributed by atoms with van der Waals surface area (Å²) < 4.78 is 1.92. The molecule has 0 radical (unpaired) electrons. The predicted octanol–water partition coefficient (Wildman–Crippen LogP) is 3.33. The minimum Gasteiger partial charge on any atom is -0.313 e. The number of nitrogens with zero attached hydrogens (tertiary/aromatic N) is 3. The van der Waals surface area contributed by atoms with Crippen LogP contribution in [-0.2, 0) is 6.54 Å².